The second-order valence-corrected chi connectivity index (χ2v) is 10.4. The van der Waals surface area contributed by atoms with Gasteiger partial charge in [-0.05, 0) is 43.4 Å². The molecule has 7 nitrogen and oxygen atoms in total. The number of hydrogen-bond acceptors (Lipinski definition) is 7. The van der Waals surface area contributed by atoms with Gasteiger partial charge in [-0.1, -0.05) is 32.0 Å². The van der Waals surface area contributed by atoms with Crippen LogP contribution < -0.4 is 5.32 Å². The van der Waals surface area contributed by atoms with E-state index in [1.54, 1.807) is 0 Å². The van der Waals surface area contributed by atoms with Gasteiger partial charge in [-0.25, -0.2) is 4.79 Å². The highest BCUT2D eigenvalue weighted by molar-refractivity contribution is 7.16. The molecule has 0 bridgehead atoms. The zero-order valence-electron chi connectivity index (χ0n) is 20.0. The number of ether oxygens (including phenoxy) is 1. The summed E-state index contributed by atoms with van der Waals surface area (Å²) in [7, 11) is 0. The minimum absolute atomic E-state index is 0.411. The van der Waals surface area contributed by atoms with Crippen molar-refractivity contribution in [3.8, 4) is 6.07 Å². The molecular weight excluding hydrogens is 460 g/mol. The van der Waals surface area contributed by atoms with Gasteiger partial charge < -0.3 is 10.1 Å². The lowest BCUT2D eigenvalue weighted by Crippen LogP contribution is -2.32. The van der Waals surface area contributed by atoms with E-state index >= 15 is 0 Å². The number of likely N-dealkylation sites (N-methyl/N-ethyl adjacent to an activating group) is 1. The van der Waals surface area contributed by atoms with E-state index < -0.39 is 18.5 Å². The lowest BCUT2D eigenvalue weighted by Gasteiger charge is -2.28. The molecule has 180 valence electrons. The number of pyridine rings is 1. The van der Waals surface area contributed by atoms with Crippen molar-refractivity contribution in [2.24, 2.45) is 5.92 Å². The summed E-state index contributed by atoms with van der Waals surface area (Å²) >= 11 is 1.46. The maximum Gasteiger partial charge on any atom is 0.339 e. The third kappa shape index (κ3) is 4.54. The normalized spacial score (nSPS) is 17.3. The van der Waals surface area contributed by atoms with Crippen LogP contribution >= 0.6 is 11.3 Å². The summed E-state index contributed by atoms with van der Waals surface area (Å²) in [5.41, 5.74) is 4.65. The lowest BCUT2D eigenvalue weighted by atomic mass is 9.89. The third-order valence-electron chi connectivity index (χ3n) is 6.99. The van der Waals surface area contributed by atoms with Crippen molar-refractivity contribution < 1.29 is 14.3 Å². The Bertz CT molecular complexity index is 1360. The molecule has 3 heterocycles. The molecule has 1 atom stereocenters. The van der Waals surface area contributed by atoms with Gasteiger partial charge >= 0.3 is 5.97 Å². The molecule has 0 fully saturated rings. The molecule has 2 aromatic heterocycles. The monoisotopic (exact) mass is 488 g/mol. The first-order valence-electron chi connectivity index (χ1n) is 12.1. The Kier molecular flexibility index (Phi) is 6.54. The summed E-state index contributed by atoms with van der Waals surface area (Å²) < 4.78 is 5.52. The van der Waals surface area contributed by atoms with Crippen LogP contribution in [0.1, 0.15) is 57.9 Å². The van der Waals surface area contributed by atoms with Gasteiger partial charge in [-0.3, -0.25) is 14.7 Å². The minimum Gasteiger partial charge on any atom is -0.452 e. The number of carbonyl (C=O) groups excluding carboxylic acids is 2. The Morgan fingerprint density at radius 1 is 1.29 bits per heavy atom. The molecule has 0 saturated heterocycles. The maximum absolute atomic E-state index is 13.3. The van der Waals surface area contributed by atoms with Gasteiger partial charge in [0.1, 0.15) is 11.1 Å². The van der Waals surface area contributed by atoms with E-state index in [0.29, 0.717) is 28.6 Å². The standard InChI is InChI=1S/C27H28N4O3S/c1-3-31-11-10-22-20(14-31)25(18-6-4-5-7-21(18)29-22)27(33)34-15-24(32)30-26-19(13-28)17-9-8-16(2)12-23(17)35-26/h4-7,16H,3,8-12,14-15H2,1-2H3,(H,30,32). The van der Waals surface area contributed by atoms with Crippen LogP contribution in [0.15, 0.2) is 24.3 Å². The van der Waals surface area contributed by atoms with Crippen molar-refractivity contribution >= 4 is 39.1 Å². The molecule has 5 rings (SSSR count). The van der Waals surface area contributed by atoms with Crippen LogP contribution in [0.4, 0.5) is 5.00 Å². The first kappa shape index (κ1) is 23.5. The summed E-state index contributed by atoms with van der Waals surface area (Å²) in [6, 6.07) is 9.81. The second kappa shape index (κ2) is 9.76. The van der Waals surface area contributed by atoms with Gasteiger partial charge in [-0.2, -0.15) is 5.26 Å². The molecule has 0 saturated carbocycles. The number of benzene rings is 1. The average molecular weight is 489 g/mol. The molecule has 35 heavy (non-hydrogen) atoms. The lowest BCUT2D eigenvalue weighted by molar-refractivity contribution is -0.119. The Labute approximate surface area is 208 Å². The quantitative estimate of drug-likeness (QED) is 0.533. The van der Waals surface area contributed by atoms with Crippen LogP contribution in [0.2, 0.25) is 0 Å². The summed E-state index contributed by atoms with van der Waals surface area (Å²) in [4.78, 5) is 34.3. The maximum atomic E-state index is 13.3. The van der Waals surface area contributed by atoms with E-state index in [9.17, 15) is 14.9 Å². The van der Waals surface area contributed by atoms with Crippen molar-refractivity contribution in [2.45, 2.75) is 46.1 Å². The number of nitrogens with zero attached hydrogens (tertiary/aromatic N) is 3. The first-order valence-corrected chi connectivity index (χ1v) is 12.9. The molecule has 3 aromatic rings. The fourth-order valence-electron chi connectivity index (χ4n) is 5.07. The van der Waals surface area contributed by atoms with Gasteiger partial charge in [0.25, 0.3) is 5.91 Å². The number of rotatable bonds is 5. The Morgan fingerprint density at radius 2 is 2.11 bits per heavy atom. The summed E-state index contributed by atoms with van der Waals surface area (Å²) in [6.45, 7) is 6.30. The molecule has 2 aliphatic rings. The smallest absolute Gasteiger partial charge is 0.339 e. The summed E-state index contributed by atoms with van der Waals surface area (Å²) in [5.74, 6) is -0.390. The molecule has 0 spiro atoms. The van der Waals surface area contributed by atoms with E-state index in [1.165, 1.54) is 16.2 Å². The Balaban J connectivity index is 1.35. The van der Waals surface area contributed by atoms with Crippen LogP contribution in [0, 0.1) is 17.2 Å². The zero-order valence-corrected chi connectivity index (χ0v) is 20.8. The number of esters is 1. The number of amides is 1. The van der Waals surface area contributed by atoms with Crippen molar-refractivity contribution in [1.29, 1.82) is 5.26 Å². The van der Waals surface area contributed by atoms with Crippen LogP contribution in [-0.2, 0) is 35.3 Å². The summed E-state index contributed by atoms with van der Waals surface area (Å²) in [5, 5.41) is 13.8. The van der Waals surface area contributed by atoms with Crippen LogP contribution in [0.5, 0.6) is 0 Å². The number of anilines is 1. The van der Waals surface area contributed by atoms with Crippen molar-refractivity contribution in [3.63, 3.8) is 0 Å². The number of para-hydroxylation sites is 1. The van der Waals surface area contributed by atoms with E-state index in [0.717, 1.165) is 66.5 Å². The highest BCUT2D eigenvalue weighted by Gasteiger charge is 2.28. The van der Waals surface area contributed by atoms with Gasteiger partial charge in [0.2, 0.25) is 0 Å². The molecule has 1 aliphatic carbocycles. The van der Waals surface area contributed by atoms with Crippen molar-refractivity contribution in [2.75, 3.05) is 25.0 Å². The van der Waals surface area contributed by atoms with Crippen LogP contribution in [0.25, 0.3) is 10.9 Å². The molecule has 8 heteroatoms. The second-order valence-electron chi connectivity index (χ2n) is 9.34. The fourth-order valence-corrected chi connectivity index (χ4v) is 6.45. The average Bonchev–Trinajstić information content (AvgIpc) is 3.21. The Hall–Kier alpha value is -3.28. The molecule has 1 amide bonds. The van der Waals surface area contributed by atoms with Crippen molar-refractivity contribution in [1.82, 2.24) is 9.88 Å². The van der Waals surface area contributed by atoms with Crippen LogP contribution in [0.3, 0.4) is 0 Å². The van der Waals surface area contributed by atoms with Crippen LogP contribution in [-0.4, -0.2) is 41.5 Å². The number of nitrogens with one attached hydrogen (secondary N) is 1. The largest absolute Gasteiger partial charge is 0.452 e. The molecule has 0 radical (unpaired) electrons. The number of thiophene rings is 1. The third-order valence-corrected chi connectivity index (χ3v) is 8.16. The number of hydrogen-bond donors (Lipinski definition) is 1. The van der Waals surface area contributed by atoms with E-state index in [2.05, 4.69) is 30.1 Å². The zero-order chi connectivity index (χ0) is 24.5. The van der Waals surface area contributed by atoms with Crippen molar-refractivity contribution in [3.05, 3.63) is 57.1 Å². The molecule has 1 aliphatic heterocycles. The van der Waals surface area contributed by atoms with E-state index in [-0.39, 0.29) is 0 Å². The number of fused-ring (bicyclic) bond motifs is 3. The SMILES string of the molecule is CCN1CCc2nc3ccccc3c(C(=O)OCC(=O)Nc3sc4c(c3C#N)CCC(C)C4)c2C1. The highest BCUT2D eigenvalue weighted by atomic mass is 32.1. The molecule has 1 N–H and O–H groups in total. The van der Waals surface area contributed by atoms with E-state index in [4.69, 9.17) is 9.72 Å². The predicted molar refractivity (Wildman–Crippen MR) is 136 cm³/mol. The van der Waals surface area contributed by atoms with Gasteiger partial charge in [0, 0.05) is 41.0 Å². The topological polar surface area (TPSA) is 95.3 Å². The molecule has 1 unspecified atom stereocenters. The first-order chi connectivity index (χ1) is 17.0. The number of nitriles is 1. The van der Waals surface area contributed by atoms with Gasteiger partial charge in [0.15, 0.2) is 6.61 Å². The van der Waals surface area contributed by atoms with E-state index in [1.807, 2.05) is 24.3 Å². The number of carbonyl (C=O) groups is 2. The summed E-state index contributed by atoms with van der Waals surface area (Å²) in [6.07, 6.45) is 3.60. The molecular formula is C27H28N4O3S. The van der Waals surface area contributed by atoms with Gasteiger partial charge in [-0.15, -0.1) is 11.3 Å². The van der Waals surface area contributed by atoms with Gasteiger partial charge in [0.05, 0.1) is 16.6 Å². The highest BCUT2D eigenvalue weighted by Crippen LogP contribution is 2.39. The Morgan fingerprint density at radius 3 is 2.91 bits per heavy atom. The fraction of sp³-hybridized carbons (Fsp3) is 0.407. The number of aromatic nitrogens is 1. The predicted octanol–water partition coefficient (Wildman–Crippen LogP) is 4.47. The molecule has 1 aromatic carbocycles. The minimum atomic E-state index is -0.521.